The summed E-state index contributed by atoms with van der Waals surface area (Å²) in [4.78, 5) is 0. The fraction of sp³-hybridized carbons (Fsp3) is 0.667. The first-order valence-corrected chi connectivity index (χ1v) is 9.55. The van der Waals surface area contributed by atoms with Crippen LogP contribution in [0.25, 0.3) is 0 Å². The number of hydrogen-bond donors (Lipinski definition) is 1. The summed E-state index contributed by atoms with van der Waals surface area (Å²) in [5.74, 6) is 1.05. The normalized spacial score (nSPS) is 17.5. The van der Waals surface area contributed by atoms with Gasteiger partial charge in [0, 0.05) is 12.8 Å². The Morgan fingerprint density at radius 2 is 1.58 bits per heavy atom. The third-order valence-electron chi connectivity index (χ3n) is 4.04. The average Bonchev–Trinajstić information content (AvgIpc) is 2.29. The minimum Gasteiger partial charge on any atom is -0.546 e. The summed E-state index contributed by atoms with van der Waals surface area (Å²) < 4.78 is 6.52. The summed E-state index contributed by atoms with van der Waals surface area (Å²) in [7, 11) is -1.92. The monoisotopic (exact) mass is 301 g/mol. The number of aliphatic hydroxyl groups is 1. The second kappa shape index (κ2) is 6.36. The van der Waals surface area contributed by atoms with Crippen LogP contribution in [0.2, 0.25) is 16.6 Å². The van der Waals surface area contributed by atoms with Gasteiger partial charge in [0.15, 0.2) is 0 Å². The maximum absolute atomic E-state index is 9.52. The van der Waals surface area contributed by atoms with Crippen LogP contribution in [0.15, 0.2) is 22.6 Å². The molecule has 0 fully saturated rings. The van der Waals surface area contributed by atoms with Crippen molar-refractivity contribution in [1.29, 1.82) is 0 Å². The first-order chi connectivity index (χ1) is 8.71. The van der Waals surface area contributed by atoms with Gasteiger partial charge in [-0.25, -0.2) is 0 Å². The summed E-state index contributed by atoms with van der Waals surface area (Å²) in [5.41, 5.74) is 1.60. The van der Waals surface area contributed by atoms with Crippen molar-refractivity contribution >= 4 is 19.9 Å². The van der Waals surface area contributed by atoms with E-state index in [-0.39, 0.29) is 5.76 Å². The van der Waals surface area contributed by atoms with Crippen LogP contribution in [0.3, 0.4) is 0 Å². The highest BCUT2D eigenvalue weighted by Gasteiger charge is 2.47. The Bertz CT molecular complexity index is 362. The maximum atomic E-state index is 9.52. The van der Waals surface area contributed by atoms with Crippen molar-refractivity contribution in [3.05, 3.63) is 29.0 Å². The molecule has 1 rings (SSSR count). The molecule has 0 atom stereocenters. The zero-order valence-electron chi connectivity index (χ0n) is 12.8. The molecule has 0 aromatic carbocycles. The molecule has 2 nitrogen and oxygen atoms in total. The van der Waals surface area contributed by atoms with Crippen molar-refractivity contribution in [1.82, 2.24) is 0 Å². The standard InChI is InChI=1S/C15H26ClO2Si/c1-10(2)19(11(3)4,12(5)6)18-13-7-8-15(17)14(16)9-13/h8-12,17H,7H2,1-6H3. The van der Waals surface area contributed by atoms with Crippen molar-refractivity contribution in [2.75, 3.05) is 0 Å². The van der Waals surface area contributed by atoms with Gasteiger partial charge in [0.2, 0.25) is 0 Å². The van der Waals surface area contributed by atoms with Crippen molar-refractivity contribution < 1.29 is 9.53 Å². The summed E-state index contributed by atoms with van der Waals surface area (Å²) >= 11 is 5.99. The fourth-order valence-corrected chi connectivity index (χ4v) is 8.72. The Morgan fingerprint density at radius 3 is 1.95 bits per heavy atom. The largest absolute Gasteiger partial charge is 0.546 e. The molecule has 109 valence electrons. The summed E-state index contributed by atoms with van der Waals surface area (Å²) in [6.45, 7) is 13.5. The molecule has 0 bridgehead atoms. The highest BCUT2D eigenvalue weighted by Crippen LogP contribution is 2.44. The molecule has 0 aliphatic heterocycles. The minimum absolute atomic E-state index is 0.153. The molecular weight excluding hydrogens is 276 g/mol. The molecule has 1 aliphatic rings. The summed E-state index contributed by atoms with van der Waals surface area (Å²) in [6.07, 6.45) is 4.12. The van der Waals surface area contributed by atoms with Gasteiger partial charge in [-0.15, -0.1) is 0 Å². The molecule has 0 spiro atoms. The molecule has 0 heterocycles. The first-order valence-electron chi connectivity index (χ1n) is 7.03. The lowest BCUT2D eigenvalue weighted by atomic mass is 10.1. The zero-order valence-corrected chi connectivity index (χ0v) is 14.6. The molecule has 0 unspecified atom stereocenters. The topological polar surface area (TPSA) is 29.5 Å². The molecule has 0 amide bonds. The van der Waals surface area contributed by atoms with Crippen LogP contribution in [0, 0.1) is 6.42 Å². The smallest absolute Gasteiger partial charge is 0.258 e. The predicted molar refractivity (Wildman–Crippen MR) is 84.6 cm³/mol. The van der Waals surface area contributed by atoms with E-state index in [0.717, 1.165) is 5.76 Å². The molecule has 4 heteroatoms. The number of rotatable bonds is 5. The lowest BCUT2D eigenvalue weighted by Crippen LogP contribution is -2.47. The van der Waals surface area contributed by atoms with E-state index in [2.05, 4.69) is 41.5 Å². The molecule has 0 saturated heterocycles. The van der Waals surface area contributed by atoms with Crippen LogP contribution in [0.5, 0.6) is 0 Å². The molecule has 0 saturated carbocycles. The second-order valence-electron chi connectivity index (χ2n) is 6.17. The molecule has 19 heavy (non-hydrogen) atoms. The highest BCUT2D eigenvalue weighted by molar-refractivity contribution is 6.77. The molecule has 1 aliphatic carbocycles. The lowest BCUT2D eigenvalue weighted by Gasteiger charge is -2.43. The molecule has 1 N–H and O–H groups in total. The van der Waals surface area contributed by atoms with Crippen LogP contribution >= 0.6 is 11.6 Å². The van der Waals surface area contributed by atoms with Crippen molar-refractivity contribution in [2.45, 2.75) is 64.6 Å². The van der Waals surface area contributed by atoms with Crippen LogP contribution in [0.4, 0.5) is 0 Å². The predicted octanol–water partition coefficient (Wildman–Crippen LogP) is 5.68. The molecule has 0 aromatic heterocycles. The zero-order chi connectivity index (χ0) is 14.8. The Balaban J connectivity index is 3.07. The second-order valence-corrected chi connectivity index (χ2v) is 12.0. The maximum Gasteiger partial charge on any atom is 0.258 e. The number of allylic oxidation sites excluding steroid dienone is 4. The molecular formula is C15H26ClO2Si. The van der Waals surface area contributed by atoms with Gasteiger partial charge < -0.3 is 9.53 Å². The van der Waals surface area contributed by atoms with E-state index < -0.39 is 8.32 Å². The Hall–Kier alpha value is -0.413. The van der Waals surface area contributed by atoms with Crippen LogP contribution in [-0.2, 0) is 4.43 Å². The Morgan fingerprint density at radius 1 is 1.11 bits per heavy atom. The van der Waals surface area contributed by atoms with Gasteiger partial charge in [-0.2, -0.15) is 0 Å². The molecule has 0 aromatic rings. The van der Waals surface area contributed by atoms with Crippen LogP contribution in [-0.4, -0.2) is 13.4 Å². The van der Waals surface area contributed by atoms with E-state index in [0.29, 0.717) is 28.1 Å². The van der Waals surface area contributed by atoms with Crippen LogP contribution in [0.1, 0.15) is 48.0 Å². The summed E-state index contributed by atoms with van der Waals surface area (Å²) in [6, 6.07) is 0. The van der Waals surface area contributed by atoms with E-state index >= 15 is 0 Å². The first kappa shape index (κ1) is 16.6. The van der Waals surface area contributed by atoms with Gasteiger partial charge in [-0.3, -0.25) is 0 Å². The number of halogens is 1. The number of hydrogen-bond acceptors (Lipinski definition) is 2. The van der Waals surface area contributed by atoms with E-state index in [1.807, 2.05) is 0 Å². The lowest BCUT2D eigenvalue weighted by molar-refractivity contribution is 0.348. The SMILES string of the molecule is CC(C)[Si](OC1=CC(Cl)=C(O)[CH]C1)(C(C)C)C(C)C. The fourth-order valence-electron chi connectivity index (χ4n) is 3.22. The van der Waals surface area contributed by atoms with Crippen molar-refractivity contribution in [2.24, 2.45) is 0 Å². The highest BCUT2D eigenvalue weighted by atomic mass is 35.5. The third-order valence-corrected chi connectivity index (χ3v) is 10.4. The van der Waals surface area contributed by atoms with Gasteiger partial charge in [0.05, 0.1) is 10.8 Å². The van der Waals surface area contributed by atoms with Gasteiger partial charge in [-0.05, 0) is 22.7 Å². The van der Waals surface area contributed by atoms with Crippen LogP contribution < -0.4 is 0 Å². The van der Waals surface area contributed by atoms with E-state index in [4.69, 9.17) is 16.0 Å². The Kier molecular flexibility index (Phi) is 5.57. The Labute approximate surface area is 123 Å². The third kappa shape index (κ3) is 3.37. The van der Waals surface area contributed by atoms with Gasteiger partial charge in [0.25, 0.3) is 8.32 Å². The summed E-state index contributed by atoms with van der Waals surface area (Å²) in [5, 5.41) is 9.90. The van der Waals surface area contributed by atoms with E-state index in [1.165, 1.54) is 0 Å². The van der Waals surface area contributed by atoms with Gasteiger partial charge in [-0.1, -0.05) is 53.1 Å². The van der Waals surface area contributed by atoms with Crippen molar-refractivity contribution in [3.8, 4) is 0 Å². The number of aliphatic hydroxyl groups excluding tert-OH is 1. The van der Waals surface area contributed by atoms with E-state index in [9.17, 15) is 5.11 Å². The van der Waals surface area contributed by atoms with Gasteiger partial charge >= 0.3 is 0 Å². The van der Waals surface area contributed by atoms with Gasteiger partial charge in [0.1, 0.15) is 5.76 Å². The minimum atomic E-state index is -1.92. The van der Waals surface area contributed by atoms with Crippen molar-refractivity contribution in [3.63, 3.8) is 0 Å². The quantitative estimate of drug-likeness (QED) is 0.662. The van der Waals surface area contributed by atoms with E-state index in [1.54, 1.807) is 12.5 Å². The average molecular weight is 302 g/mol. The molecule has 1 radical (unpaired) electrons.